The maximum absolute atomic E-state index is 4.50. The number of hydrogen-bond donors (Lipinski definition) is 1. The first-order chi connectivity index (χ1) is 9.28. The standard InChI is InChI=1S/C15H18BrN3/c1-2-6-14-18-13(16)11-15(19-14)17-10-9-12-7-4-3-5-8-12/h3-5,7-8,11H,2,6,9-10H2,1H3,(H,17,18,19). The molecule has 0 saturated heterocycles. The Bertz CT molecular complexity index is 514. The van der Waals surface area contributed by atoms with E-state index in [1.54, 1.807) is 0 Å². The van der Waals surface area contributed by atoms with E-state index in [1.165, 1.54) is 5.56 Å². The topological polar surface area (TPSA) is 37.8 Å². The van der Waals surface area contributed by atoms with Crippen molar-refractivity contribution in [2.75, 3.05) is 11.9 Å². The van der Waals surface area contributed by atoms with Crippen molar-refractivity contribution in [3.05, 3.63) is 52.4 Å². The SMILES string of the molecule is CCCc1nc(Br)cc(NCCc2ccccc2)n1. The number of aryl methyl sites for hydroxylation is 1. The van der Waals surface area contributed by atoms with Crippen molar-refractivity contribution in [2.45, 2.75) is 26.2 Å². The lowest BCUT2D eigenvalue weighted by atomic mass is 10.1. The van der Waals surface area contributed by atoms with Crippen LogP contribution in [-0.4, -0.2) is 16.5 Å². The Balaban J connectivity index is 1.92. The Kier molecular flexibility index (Phi) is 5.33. The summed E-state index contributed by atoms with van der Waals surface area (Å²) in [4.78, 5) is 8.86. The van der Waals surface area contributed by atoms with E-state index < -0.39 is 0 Å². The van der Waals surface area contributed by atoms with Gasteiger partial charge in [0.05, 0.1) is 0 Å². The summed E-state index contributed by atoms with van der Waals surface area (Å²) in [5.74, 6) is 1.78. The van der Waals surface area contributed by atoms with Gasteiger partial charge in [-0.3, -0.25) is 0 Å². The fourth-order valence-corrected chi connectivity index (χ4v) is 2.29. The molecule has 4 heteroatoms. The van der Waals surface area contributed by atoms with E-state index >= 15 is 0 Å². The zero-order chi connectivity index (χ0) is 13.5. The number of halogens is 1. The van der Waals surface area contributed by atoms with Crippen LogP contribution in [0.4, 0.5) is 5.82 Å². The normalized spacial score (nSPS) is 10.4. The Morgan fingerprint density at radius 1 is 1.11 bits per heavy atom. The lowest BCUT2D eigenvalue weighted by molar-refractivity contribution is 0.827. The highest BCUT2D eigenvalue weighted by Crippen LogP contribution is 2.13. The van der Waals surface area contributed by atoms with Crippen molar-refractivity contribution >= 4 is 21.7 Å². The fraction of sp³-hybridized carbons (Fsp3) is 0.333. The molecule has 1 aromatic heterocycles. The molecule has 0 aliphatic rings. The van der Waals surface area contributed by atoms with E-state index in [4.69, 9.17) is 0 Å². The molecule has 0 unspecified atom stereocenters. The van der Waals surface area contributed by atoms with Crippen LogP contribution in [0.15, 0.2) is 41.0 Å². The van der Waals surface area contributed by atoms with E-state index in [1.807, 2.05) is 12.1 Å². The minimum absolute atomic E-state index is 0.841. The number of hydrogen-bond acceptors (Lipinski definition) is 3. The number of anilines is 1. The van der Waals surface area contributed by atoms with Crippen molar-refractivity contribution < 1.29 is 0 Å². The van der Waals surface area contributed by atoms with Gasteiger partial charge in [-0.1, -0.05) is 37.3 Å². The lowest BCUT2D eigenvalue weighted by Crippen LogP contribution is -2.08. The molecule has 0 radical (unpaired) electrons. The molecule has 0 atom stereocenters. The third-order valence-corrected chi connectivity index (χ3v) is 3.18. The third kappa shape index (κ3) is 4.63. The van der Waals surface area contributed by atoms with Gasteiger partial charge in [-0.05, 0) is 34.3 Å². The van der Waals surface area contributed by atoms with Gasteiger partial charge in [-0.25, -0.2) is 9.97 Å². The monoisotopic (exact) mass is 319 g/mol. The first kappa shape index (κ1) is 14.0. The Labute approximate surface area is 122 Å². The number of rotatable bonds is 6. The molecule has 0 aliphatic heterocycles. The van der Waals surface area contributed by atoms with Crippen LogP contribution in [0.5, 0.6) is 0 Å². The van der Waals surface area contributed by atoms with Gasteiger partial charge in [-0.15, -0.1) is 0 Å². The molecule has 1 aromatic carbocycles. The summed E-state index contributed by atoms with van der Waals surface area (Å²) in [7, 11) is 0. The number of nitrogens with one attached hydrogen (secondary N) is 1. The van der Waals surface area contributed by atoms with Crippen molar-refractivity contribution in [3.8, 4) is 0 Å². The highest BCUT2D eigenvalue weighted by Gasteiger charge is 2.02. The third-order valence-electron chi connectivity index (χ3n) is 2.78. The number of nitrogens with zero attached hydrogens (tertiary/aromatic N) is 2. The Hall–Kier alpha value is -1.42. The van der Waals surface area contributed by atoms with Crippen LogP contribution < -0.4 is 5.32 Å². The average Bonchev–Trinajstić information content (AvgIpc) is 2.40. The second kappa shape index (κ2) is 7.24. The van der Waals surface area contributed by atoms with Crippen molar-refractivity contribution in [1.29, 1.82) is 0 Å². The molecule has 100 valence electrons. The molecule has 0 saturated carbocycles. The molecular weight excluding hydrogens is 302 g/mol. The summed E-state index contributed by atoms with van der Waals surface area (Å²) in [6, 6.07) is 12.4. The molecule has 2 aromatic rings. The van der Waals surface area contributed by atoms with Gasteiger partial charge in [0, 0.05) is 19.0 Å². The highest BCUT2D eigenvalue weighted by molar-refractivity contribution is 9.10. The highest BCUT2D eigenvalue weighted by atomic mass is 79.9. The van der Waals surface area contributed by atoms with E-state index in [0.29, 0.717) is 0 Å². The summed E-state index contributed by atoms with van der Waals surface area (Å²) in [5, 5.41) is 3.35. The van der Waals surface area contributed by atoms with Gasteiger partial charge in [0.25, 0.3) is 0 Å². The van der Waals surface area contributed by atoms with E-state index in [-0.39, 0.29) is 0 Å². The fourth-order valence-electron chi connectivity index (χ4n) is 1.87. The summed E-state index contributed by atoms with van der Waals surface area (Å²) in [6.45, 7) is 3.01. The second-order valence-corrected chi connectivity index (χ2v) is 5.22. The van der Waals surface area contributed by atoms with Crippen molar-refractivity contribution in [2.24, 2.45) is 0 Å². The summed E-state index contributed by atoms with van der Waals surface area (Å²) < 4.78 is 0.841. The van der Waals surface area contributed by atoms with Crippen molar-refractivity contribution in [1.82, 2.24) is 9.97 Å². The van der Waals surface area contributed by atoms with E-state index in [9.17, 15) is 0 Å². The van der Waals surface area contributed by atoms with Crippen LogP contribution in [0.25, 0.3) is 0 Å². The largest absolute Gasteiger partial charge is 0.370 e. The zero-order valence-corrected chi connectivity index (χ0v) is 12.7. The quantitative estimate of drug-likeness (QED) is 0.822. The minimum atomic E-state index is 0.841. The van der Waals surface area contributed by atoms with E-state index in [0.717, 1.165) is 42.1 Å². The van der Waals surface area contributed by atoms with Crippen molar-refractivity contribution in [3.63, 3.8) is 0 Å². The molecule has 2 rings (SSSR count). The van der Waals surface area contributed by atoms with Crippen LogP contribution in [-0.2, 0) is 12.8 Å². The smallest absolute Gasteiger partial charge is 0.132 e. The first-order valence-corrected chi connectivity index (χ1v) is 7.38. The molecule has 1 N–H and O–H groups in total. The number of aromatic nitrogens is 2. The van der Waals surface area contributed by atoms with Gasteiger partial charge in [0.1, 0.15) is 16.2 Å². The maximum atomic E-state index is 4.50. The van der Waals surface area contributed by atoms with Crippen LogP contribution in [0, 0.1) is 0 Å². The molecule has 1 heterocycles. The zero-order valence-electron chi connectivity index (χ0n) is 11.1. The second-order valence-electron chi connectivity index (χ2n) is 4.40. The molecule has 3 nitrogen and oxygen atoms in total. The van der Waals surface area contributed by atoms with Crippen LogP contribution >= 0.6 is 15.9 Å². The Morgan fingerprint density at radius 2 is 1.89 bits per heavy atom. The molecule has 0 amide bonds. The van der Waals surface area contributed by atoms with Gasteiger partial charge in [-0.2, -0.15) is 0 Å². The van der Waals surface area contributed by atoms with Crippen LogP contribution in [0.1, 0.15) is 24.7 Å². The molecule has 19 heavy (non-hydrogen) atoms. The molecule has 0 aliphatic carbocycles. The molecule has 0 bridgehead atoms. The predicted octanol–water partition coefficient (Wildman–Crippen LogP) is 3.85. The summed E-state index contributed by atoms with van der Waals surface area (Å²) >= 11 is 3.43. The molecular formula is C15H18BrN3. The predicted molar refractivity (Wildman–Crippen MR) is 82.4 cm³/mol. The molecule has 0 fully saturated rings. The average molecular weight is 320 g/mol. The Morgan fingerprint density at radius 3 is 2.63 bits per heavy atom. The summed E-state index contributed by atoms with van der Waals surface area (Å²) in [6.07, 6.45) is 2.96. The van der Waals surface area contributed by atoms with Gasteiger partial charge >= 0.3 is 0 Å². The minimum Gasteiger partial charge on any atom is -0.370 e. The number of benzene rings is 1. The van der Waals surface area contributed by atoms with Gasteiger partial charge < -0.3 is 5.32 Å². The van der Waals surface area contributed by atoms with E-state index in [2.05, 4.69) is 62.4 Å². The maximum Gasteiger partial charge on any atom is 0.132 e. The van der Waals surface area contributed by atoms with Gasteiger partial charge in [0.15, 0.2) is 0 Å². The molecule has 0 spiro atoms. The lowest BCUT2D eigenvalue weighted by Gasteiger charge is -2.07. The van der Waals surface area contributed by atoms with Gasteiger partial charge in [0.2, 0.25) is 0 Å². The van der Waals surface area contributed by atoms with Crippen LogP contribution in [0.3, 0.4) is 0 Å². The van der Waals surface area contributed by atoms with Crippen LogP contribution in [0.2, 0.25) is 0 Å². The first-order valence-electron chi connectivity index (χ1n) is 6.59. The summed E-state index contributed by atoms with van der Waals surface area (Å²) in [5.41, 5.74) is 1.33.